The minimum Gasteiger partial charge on any atom is -0.331 e. The summed E-state index contributed by atoms with van der Waals surface area (Å²) in [4.78, 5) is 26.6. The number of carbonyl (C=O) groups is 2. The van der Waals surface area contributed by atoms with E-state index in [2.05, 4.69) is 20.6 Å². The van der Waals surface area contributed by atoms with Crippen molar-refractivity contribution in [3.8, 4) is 0 Å². The van der Waals surface area contributed by atoms with Crippen LogP contribution in [-0.2, 0) is 23.1 Å². The lowest BCUT2D eigenvalue weighted by atomic mass is 10.2. The molecular formula is C16H24N6O2. The van der Waals surface area contributed by atoms with Gasteiger partial charge >= 0.3 is 0 Å². The van der Waals surface area contributed by atoms with Crippen LogP contribution >= 0.6 is 0 Å². The quantitative estimate of drug-likeness (QED) is 0.869. The summed E-state index contributed by atoms with van der Waals surface area (Å²) in [6.45, 7) is 4.64. The van der Waals surface area contributed by atoms with Crippen molar-refractivity contribution in [1.82, 2.24) is 24.9 Å². The van der Waals surface area contributed by atoms with Crippen LogP contribution in [0.4, 0.5) is 5.82 Å². The molecule has 8 heteroatoms. The minimum absolute atomic E-state index is 0.0560. The number of aromatic nitrogens is 4. The number of H-pyrrole nitrogens is 1. The topological polar surface area (TPSA) is 95.9 Å². The maximum absolute atomic E-state index is 12.7. The maximum Gasteiger partial charge on any atom is 0.248 e. The Morgan fingerprint density at radius 3 is 2.88 bits per heavy atom. The van der Waals surface area contributed by atoms with Gasteiger partial charge < -0.3 is 10.2 Å². The molecule has 0 aromatic carbocycles. The number of hydrogen-bond donors (Lipinski definition) is 2. The molecule has 0 spiro atoms. The third-order valence-electron chi connectivity index (χ3n) is 4.54. The number of anilines is 1. The molecule has 0 saturated carbocycles. The summed E-state index contributed by atoms with van der Waals surface area (Å²) < 4.78 is 1.70. The zero-order valence-electron chi connectivity index (χ0n) is 14.4. The van der Waals surface area contributed by atoms with Gasteiger partial charge in [0.15, 0.2) is 5.65 Å². The molecule has 2 N–H and O–H groups in total. The zero-order valence-corrected chi connectivity index (χ0v) is 14.4. The van der Waals surface area contributed by atoms with Gasteiger partial charge in [-0.1, -0.05) is 13.8 Å². The lowest BCUT2D eigenvalue weighted by Crippen LogP contribution is -2.43. The van der Waals surface area contributed by atoms with E-state index in [0.717, 1.165) is 30.3 Å². The number of likely N-dealkylation sites (tertiary alicyclic amines) is 1. The lowest BCUT2D eigenvalue weighted by Gasteiger charge is -2.23. The molecule has 2 amide bonds. The van der Waals surface area contributed by atoms with Gasteiger partial charge in [0.2, 0.25) is 11.8 Å². The van der Waals surface area contributed by atoms with Crippen molar-refractivity contribution < 1.29 is 9.59 Å². The Bertz CT molecular complexity index is 762. The normalized spacial score (nSPS) is 17.6. The summed E-state index contributed by atoms with van der Waals surface area (Å²) in [5.74, 6) is 0.462. The molecule has 2 aromatic rings. The molecule has 0 radical (unpaired) electrons. The first-order valence-electron chi connectivity index (χ1n) is 8.57. The predicted molar refractivity (Wildman–Crippen MR) is 90.5 cm³/mol. The van der Waals surface area contributed by atoms with E-state index in [9.17, 15) is 9.59 Å². The summed E-state index contributed by atoms with van der Waals surface area (Å²) >= 11 is 0. The summed E-state index contributed by atoms with van der Waals surface area (Å²) in [6.07, 6.45) is 3.59. The molecule has 0 bridgehead atoms. The Morgan fingerprint density at radius 1 is 1.38 bits per heavy atom. The molecule has 24 heavy (non-hydrogen) atoms. The van der Waals surface area contributed by atoms with Crippen LogP contribution in [0.25, 0.3) is 11.0 Å². The van der Waals surface area contributed by atoms with Crippen molar-refractivity contribution in [2.24, 2.45) is 7.05 Å². The van der Waals surface area contributed by atoms with Crippen LogP contribution in [0.5, 0.6) is 0 Å². The molecule has 3 rings (SSSR count). The highest BCUT2D eigenvalue weighted by Gasteiger charge is 2.34. The summed E-state index contributed by atoms with van der Waals surface area (Å²) in [5, 5.41) is 15.3. The largest absolute Gasteiger partial charge is 0.331 e. The van der Waals surface area contributed by atoms with E-state index in [4.69, 9.17) is 0 Å². The van der Waals surface area contributed by atoms with E-state index >= 15 is 0 Å². The number of aryl methyl sites for hydroxylation is 2. The van der Waals surface area contributed by atoms with Crippen molar-refractivity contribution in [2.45, 2.75) is 52.0 Å². The van der Waals surface area contributed by atoms with Crippen LogP contribution in [0.3, 0.4) is 0 Å². The summed E-state index contributed by atoms with van der Waals surface area (Å²) in [6, 6.07) is -0.399. The third-order valence-corrected chi connectivity index (χ3v) is 4.54. The summed E-state index contributed by atoms with van der Waals surface area (Å²) in [5.41, 5.74) is 1.61. The molecule has 8 nitrogen and oxygen atoms in total. The second-order valence-corrected chi connectivity index (χ2v) is 6.21. The third kappa shape index (κ3) is 2.76. The molecule has 1 aliphatic heterocycles. The number of fused-ring (bicyclic) bond motifs is 1. The van der Waals surface area contributed by atoms with Crippen molar-refractivity contribution in [1.29, 1.82) is 0 Å². The van der Waals surface area contributed by atoms with Crippen molar-refractivity contribution in [3.63, 3.8) is 0 Å². The molecule has 1 atom stereocenters. The number of rotatable bonds is 5. The van der Waals surface area contributed by atoms with Gasteiger partial charge in [0.05, 0.1) is 11.1 Å². The van der Waals surface area contributed by atoms with Gasteiger partial charge in [0.25, 0.3) is 0 Å². The van der Waals surface area contributed by atoms with E-state index in [1.807, 2.05) is 20.9 Å². The Balaban J connectivity index is 1.81. The Hall–Kier alpha value is -2.38. The number of amides is 2. The van der Waals surface area contributed by atoms with E-state index in [-0.39, 0.29) is 11.8 Å². The standard InChI is InChI=1S/C16H24N6O2/c1-4-7-12(23)22-9-6-8-11(22)16(24)17-14-13-10(5-2)20-21(3)15(13)19-18-14/h11H,4-9H2,1-3H3,(H2,17,18,19,24). The average molecular weight is 332 g/mol. The van der Waals surface area contributed by atoms with Gasteiger partial charge in [-0.15, -0.1) is 0 Å². The monoisotopic (exact) mass is 332 g/mol. The highest BCUT2D eigenvalue weighted by atomic mass is 16.2. The molecule has 1 unspecified atom stereocenters. The Labute approximate surface area is 140 Å². The van der Waals surface area contributed by atoms with Crippen molar-refractivity contribution in [2.75, 3.05) is 11.9 Å². The minimum atomic E-state index is -0.399. The second-order valence-electron chi connectivity index (χ2n) is 6.21. The highest BCUT2D eigenvalue weighted by Crippen LogP contribution is 2.26. The second kappa shape index (κ2) is 6.62. The van der Waals surface area contributed by atoms with Crippen LogP contribution < -0.4 is 5.32 Å². The van der Waals surface area contributed by atoms with Crippen molar-refractivity contribution >= 4 is 28.7 Å². The first-order chi connectivity index (χ1) is 11.6. The number of nitrogens with zero attached hydrogens (tertiary/aromatic N) is 4. The molecular weight excluding hydrogens is 308 g/mol. The van der Waals surface area contributed by atoms with E-state index in [1.54, 1.807) is 9.58 Å². The molecule has 130 valence electrons. The zero-order chi connectivity index (χ0) is 17.3. The number of aromatic amines is 1. The van der Waals surface area contributed by atoms with E-state index < -0.39 is 6.04 Å². The fraction of sp³-hybridized carbons (Fsp3) is 0.625. The van der Waals surface area contributed by atoms with Gasteiger partial charge in [-0.25, -0.2) is 4.68 Å². The van der Waals surface area contributed by atoms with E-state index in [1.165, 1.54) is 0 Å². The number of carbonyl (C=O) groups excluding carboxylic acids is 2. The lowest BCUT2D eigenvalue weighted by molar-refractivity contribution is -0.136. The molecule has 2 aromatic heterocycles. The Kier molecular flexibility index (Phi) is 4.55. The van der Waals surface area contributed by atoms with Gasteiger partial charge in [0.1, 0.15) is 11.9 Å². The molecule has 1 fully saturated rings. The SMILES string of the molecule is CCCC(=O)N1CCCC1C(=O)Nc1[nH]nc2c1c(CC)nn2C. The highest BCUT2D eigenvalue weighted by molar-refractivity contribution is 6.03. The smallest absolute Gasteiger partial charge is 0.248 e. The maximum atomic E-state index is 12.7. The van der Waals surface area contributed by atoms with Crippen LogP contribution in [-0.4, -0.2) is 49.3 Å². The van der Waals surface area contributed by atoms with Gasteiger partial charge in [-0.2, -0.15) is 10.2 Å². The van der Waals surface area contributed by atoms with Gasteiger partial charge in [-0.05, 0) is 25.7 Å². The van der Waals surface area contributed by atoms with Crippen LogP contribution in [0.15, 0.2) is 0 Å². The van der Waals surface area contributed by atoms with Crippen LogP contribution in [0, 0.1) is 0 Å². The molecule has 1 aliphatic rings. The Morgan fingerprint density at radius 2 is 2.17 bits per heavy atom. The molecule has 3 heterocycles. The van der Waals surface area contributed by atoms with Gasteiger partial charge in [0, 0.05) is 20.0 Å². The molecule has 0 aliphatic carbocycles. The van der Waals surface area contributed by atoms with Crippen molar-refractivity contribution in [3.05, 3.63) is 5.69 Å². The fourth-order valence-corrected chi connectivity index (χ4v) is 3.36. The first-order valence-corrected chi connectivity index (χ1v) is 8.57. The first kappa shape index (κ1) is 16.5. The van der Waals surface area contributed by atoms with Gasteiger partial charge in [-0.3, -0.25) is 14.7 Å². The van der Waals surface area contributed by atoms with Crippen LogP contribution in [0.2, 0.25) is 0 Å². The molecule has 1 saturated heterocycles. The summed E-state index contributed by atoms with van der Waals surface area (Å²) in [7, 11) is 1.83. The number of nitrogens with one attached hydrogen (secondary N) is 2. The van der Waals surface area contributed by atoms with E-state index in [0.29, 0.717) is 30.9 Å². The average Bonchev–Trinajstić information content (AvgIpc) is 3.25. The van der Waals surface area contributed by atoms with Crippen LogP contribution in [0.1, 0.15) is 45.2 Å². The fourth-order valence-electron chi connectivity index (χ4n) is 3.36. The predicted octanol–water partition coefficient (Wildman–Crippen LogP) is 1.59. The number of hydrogen-bond acceptors (Lipinski definition) is 4.